The summed E-state index contributed by atoms with van der Waals surface area (Å²) in [5.41, 5.74) is 0.610. The van der Waals surface area contributed by atoms with E-state index in [1.54, 1.807) is 31.4 Å². The Morgan fingerprint density at radius 2 is 1.94 bits per heavy atom. The van der Waals surface area contributed by atoms with Crippen LogP contribution in [0.5, 0.6) is 5.75 Å². The molecule has 0 heterocycles. The molecule has 2 bridgehead atoms. The van der Waals surface area contributed by atoms with E-state index in [-0.39, 0.29) is 12.1 Å². The van der Waals surface area contributed by atoms with Gasteiger partial charge in [-0.25, -0.2) is 4.79 Å². The standard InChI is InChI=1S/C15H18O3/c1-17-13-6-4-11(5-7-13)15(16)18-14-9-10-2-3-12(14)8-10/h4-7,10,12,14H,2-3,8-9H2,1H3. The van der Waals surface area contributed by atoms with Crippen LogP contribution in [0, 0.1) is 11.8 Å². The van der Waals surface area contributed by atoms with Gasteiger partial charge < -0.3 is 9.47 Å². The zero-order chi connectivity index (χ0) is 12.5. The maximum atomic E-state index is 12.0. The van der Waals surface area contributed by atoms with Crippen molar-refractivity contribution in [3.8, 4) is 5.75 Å². The minimum atomic E-state index is -0.199. The van der Waals surface area contributed by atoms with E-state index in [0.29, 0.717) is 11.5 Å². The van der Waals surface area contributed by atoms with Gasteiger partial charge in [0, 0.05) is 0 Å². The Bertz CT molecular complexity index is 438. The molecule has 0 spiro atoms. The zero-order valence-electron chi connectivity index (χ0n) is 10.6. The van der Waals surface area contributed by atoms with Gasteiger partial charge >= 0.3 is 5.97 Å². The van der Waals surface area contributed by atoms with Gasteiger partial charge in [0.05, 0.1) is 12.7 Å². The Morgan fingerprint density at radius 1 is 1.17 bits per heavy atom. The average molecular weight is 246 g/mol. The number of carbonyl (C=O) groups excluding carboxylic acids is 1. The Balaban J connectivity index is 1.64. The van der Waals surface area contributed by atoms with Gasteiger partial charge in [0.2, 0.25) is 0 Å². The summed E-state index contributed by atoms with van der Waals surface area (Å²) in [4.78, 5) is 12.0. The van der Waals surface area contributed by atoms with Crippen LogP contribution in [0.3, 0.4) is 0 Å². The number of hydrogen-bond acceptors (Lipinski definition) is 3. The lowest BCUT2D eigenvalue weighted by Gasteiger charge is -2.21. The summed E-state index contributed by atoms with van der Waals surface area (Å²) in [6.45, 7) is 0. The molecular formula is C15H18O3. The van der Waals surface area contributed by atoms with Crippen LogP contribution in [0.4, 0.5) is 0 Å². The molecule has 3 rings (SSSR count). The Hall–Kier alpha value is -1.51. The quantitative estimate of drug-likeness (QED) is 0.769. The van der Waals surface area contributed by atoms with Gasteiger partial charge in [-0.2, -0.15) is 0 Å². The van der Waals surface area contributed by atoms with Crippen molar-refractivity contribution in [1.29, 1.82) is 0 Å². The number of methoxy groups -OCH3 is 1. The number of ether oxygens (including phenoxy) is 2. The summed E-state index contributed by atoms with van der Waals surface area (Å²) in [6, 6.07) is 7.09. The van der Waals surface area contributed by atoms with E-state index in [4.69, 9.17) is 9.47 Å². The van der Waals surface area contributed by atoms with E-state index in [2.05, 4.69) is 0 Å². The van der Waals surface area contributed by atoms with E-state index in [1.807, 2.05) is 0 Å². The first-order chi connectivity index (χ1) is 8.76. The Morgan fingerprint density at radius 3 is 2.50 bits per heavy atom. The SMILES string of the molecule is COc1ccc(C(=O)OC2CC3CCC2C3)cc1. The lowest BCUT2D eigenvalue weighted by Crippen LogP contribution is -2.24. The van der Waals surface area contributed by atoms with Gasteiger partial charge in [-0.1, -0.05) is 0 Å². The van der Waals surface area contributed by atoms with Crippen molar-refractivity contribution in [2.24, 2.45) is 11.8 Å². The molecule has 2 aliphatic carbocycles. The minimum absolute atomic E-state index is 0.151. The Kier molecular flexibility index (Phi) is 2.98. The molecule has 1 aromatic carbocycles. The monoisotopic (exact) mass is 246 g/mol. The van der Waals surface area contributed by atoms with Crippen LogP contribution in [0.2, 0.25) is 0 Å². The first-order valence-corrected chi connectivity index (χ1v) is 6.61. The maximum Gasteiger partial charge on any atom is 0.338 e. The predicted molar refractivity (Wildman–Crippen MR) is 67.6 cm³/mol. The number of fused-ring (bicyclic) bond motifs is 2. The summed E-state index contributed by atoms with van der Waals surface area (Å²) in [5.74, 6) is 1.96. The Labute approximate surface area is 107 Å². The molecule has 0 radical (unpaired) electrons. The summed E-state index contributed by atoms with van der Waals surface area (Å²) in [6.07, 6.45) is 5.01. The predicted octanol–water partition coefficient (Wildman–Crippen LogP) is 3.04. The third kappa shape index (κ3) is 2.09. The van der Waals surface area contributed by atoms with Crippen molar-refractivity contribution in [2.75, 3.05) is 7.11 Å². The molecule has 3 heteroatoms. The van der Waals surface area contributed by atoms with Crippen molar-refractivity contribution >= 4 is 5.97 Å². The molecule has 3 atom stereocenters. The minimum Gasteiger partial charge on any atom is -0.497 e. The van der Waals surface area contributed by atoms with Crippen molar-refractivity contribution in [3.63, 3.8) is 0 Å². The largest absolute Gasteiger partial charge is 0.497 e. The lowest BCUT2D eigenvalue weighted by molar-refractivity contribution is 0.0158. The van der Waals surface area contributed by atoms with Crippen LogP contribution in [0.1, 0.15) is 36.0 Å². The zero-order valence-corrected chi connectivity index (χ0v) is 10.6. The number of benzene rings is 1. The number of rotatable bonds is 3. The van der Waals surface area contributed by atoms with Gasteiger partial charge in [-0.15, -0.1) is 0 Å². The van der Waals surface area contributed by atoms with E-state index < -0.39 is 0 Å². The van der Waals surface area contributed by atoms with Crippen LogP contribution in [0.15, 0.2) is 24.3 Å². The molecule has 96 valence electrons. The number of hydrogen-bond donors (Lipinski definition) is 0. The average Bonchev–Trinajstić information content (AvgIpc) is 3.01. The van der Waals surface area contributed by atoms with Crippen molar-refractivity contribution in [2.45, 2.75) is 31.8 Å². The summed E-state index contributed by atoms with van der Waals surface area (Å²) in [5, 5.41) is 0. The first kappa shape index (κ1) is 11.6. The second-order valence-electron chi connectivity index (χ2n) is 5.35. The van der Waals surface area contributed by atoms with Gasteiger partial charge in [0.1, 0.15) is 11.9 Å². The topological polar surface area (TPSA) is 35.5 Å². The fourth-order valence-corrected chi connectivity index (χ4v) is 3.26. The van der Waals surface area contributed by atoms with Crippen molar-refractivity contribution in [1.82, 2.24) is 0 Å². The molecule has 3 nitrogen and oxygen atoms in total. The molecule has 0 N–H and O–H groups in total. The fourth-order valence-electron chi connectivity index (χ4n) is 3.26. The highest BCUT2D eigenvalue weighted by Crippen LogP contribution is 2.46. The molecule has 18 heavy (non-hydrogen) atoms. The van der Waals surface area contributed by atoms with Gasteiger partial charge in [0.15, 0.2) is 0 Å². The third-order valence-corrected chi connectivity index (χ3v) is 4.26. The van der Waals surface area contributed by atoms with Crippen molar-refractivity contribution in [3.05, 3.63) is 29.8 Å². The number of esters is 1. The molecule has 2 saturated carbocycles. The lowest BCUT2D eigenvalue weighted by atomic mass is 9.98. The summed E-state index contributed by atoms with van der Waals surface area (Å²) in [7, 11) is 1.61. The molecule has 0 amide bonds. The van der Waals surface area contributed by atoms with Crippen LogP contribution in [0.25, 0.3) is 0 Å². The van der Waals surface area contributed by atoms with Gasteiger partial charge in [0.25, 0.3) is 0 Å². The maximum absolute atomic E-state index is 12.0. The van der Waals surface area contributed by atoms with Crippen molar-refractivity contribution < 1.29 is 14.3 Å². The van der Waals surface area contributed by atoms with Crippen LogP contribution in [-0.4, -0.2) is 19.2 Å². The molecule has 2 aliphatic rings. The van der Waals surface area contributed by atoms with E-state index >= 15 is 0 Å². The highest BCUT2D eigenvalue weighted by atomic mass is 16.5. The highest BCUT2D eigenvalue weighted by Gasteiger charge is 2.41. The van der Waals surface area contributed by atoms with E-state index in [9.17, 15) is 4.79 Å². The smallest absolute Gasteiger partial charge is 0.338 e. The second-order valence-corrected chi connectivity index (χ2v) is 5.35. The molecule has 2 fully saturated rings. The molecule has 0 saturated heterocycles. The number of carbonyl (C=O) groups is 1. The van der Waals surface area contributed by atoms with Crippen LogP contribution >= 0.6 is 0 Å². The highest BCUT2D eigenvalue weighted by molar-refractivity contribution is 5.89. The molecular weight excluding hydrogens is 228 g/mol. The normalized spacial score (nSPS) is 29.3. The van der Waals surface area contributed by atoms with E-state index in [1.165, 1.54) is 19.3 Å². The molecule has 0 aliphatic heterocycles. The molecule has 1 aromatic rings. The molecule has 0 aromatic heterocycles. The molecule has 3 unspecified atom stereocenters. The fraction of sp³-hybridized carbons (Fsp3) is 0.533. The van der Waals surface area contributed by atoms with Gasteiger partial charge in [-0.3, -0.25) is 0 Å². The summed E-state index contributed by atoms with van der Waals surface area (Å²) < 4.78 is 10.7. The third-order valence-electron chi connectivity index (χ3n) is 4.26. The van der Waals surface area contributed by atoms with Crippen LogP contribution < -0.4 is 4.74 Å². The van der Waals surface area contributed by atoms with Crippen LogP contribution in [-0.2, 0) is 4.74 Å². The first-order valence-electron chi connectivity index (χ1n) is 6.61. The van der Waals surface area contributed by atoms with E-state index in [0.717, 1.165) is 18.1 Å². The van der Waals surface area contributed by atoms with Gasteiger partial charge in [-0.05, 0) is 61.8 Å². The summed E-state index contributed by atoms with van der Waals surface area (Å²) >= 11 is 0. The second kappa shape index (κ2) is 4.63.